The second-order valence-electron chi connectivity index (χ2n) is 9.97. The molecule has 31 heavy (non-hydrogen) atoms. The highest BCUT2D eigenvalue weighted by Crippen LogP contribution is 2.52. The van der Waals surface area contributed by atoms with Crippen LogP contribution in [0.3, 0.4) is 0 Å². The van der Waals surface area contributed by atoms with Gasteiger partial charge in [0.1, 0.15) is 18.0 Å². The Morgan fingerprint density at radius 1 is 1.00 bits per heavy atom. The van der Waals surface area contributed by atoms with E-state index in [-0.39, 0.29) is 6.09 Å². The Morgan fingerprint density at radius 2 is 1.65 bits per heavy atom. The quantitative estimate of drug-likeness (QED) is 0.571. The molecule has 0 N–H and O–H groups in total. The molecule has 2 aromatic rings. The number of benzene rings is 2. The molecule has 1 aliphatic carbocycles. The topological polar surface area (TPSA) is 38.8 Å². The van der Waals surface area contributed by atoms with Gasteiger partial charge in [-0.2, -0.15) is 0 Å². The minimum atomic E-state index is -0.430. The molecule has 0 aromatic heterocycles. The molecule has 1 saturated carbocycles. The van der Waals surface area contributed by atoms with Gasteiger partial charge < -0.3 is 14.4 Å². The van der Waals surface area contributed by atoms with Gasteiger partial charge in [-0.25, -0.2) is 4.79 Å². The number of ether oxygens (including phenoxy) is 2. The number of carbonyl (C=O) groups excluding carboxylic acids is 1. The van der Waals surface area contributed by atoms with E-state index in [0.29, 0.717) is 12.0 Å². The summed E-state index contributed by atoms with van der Waals surface area (Å²) in [4.78, 5) is 14.1. The Morgan fingerprint density at radius 3 is 2.26 bits per heavy atom. The van der Waals surface area contributed by atoms with Crippen molar-refractivity contribution in [2.24, 2.45) is 5.41 Å². The van der Waals surface area contributed by atoms with Crippen molar-refractivity contribution in [2.45, 2.75) is 58.7 Å². The molecule has 1 saturated heterocycles. The zero-order valence-electron chi connectivity index (χ0n) is 18.9. The summed E-state index contributed by atoms with van der Waals surface area (Å²) in [6, 6.07) is 18.6. The molecule has 164 valence electrons. The van der Waals surface area contributed by atoms with Crippen LogP contribution in [-0.2, 0) is 11.3 Å². The molecule has 0 atom stereocenters. The highest BCUT2D eigenvalue weighted by Gasteiger charge is 2.43. The second kappa shape index (κ2) is 8.78. The van der Waals surface area contributed by atoms with Crippen LogP contribution in [0.4, 0.5) is 4.79 Å². The van der Waals surface area contributed by atoms with E-state index in [1.807, 2.05) is 56.0 Å². The first-order valence-corrected chi connectivity index (χ1v) is 11.2. The number of piperidine rings is 1. The molecule has 1 aliphatic heterocycles. The number of hydrogen-bond donors (Lipinski definition) is 0. The standard InChI is InChI=1S/C27H33NO3/c1-26(2,3)31-25(29)28-15-13-27(14-16-28)18-23(19-27)17-21-9-11-24(12-10-21)30-20-22-7-5-4-6-8-22/h4-12,17H,13-16,18-20H2,1-3H3. The zero-order chi connectivity index (χ0) is 21.9. The van der Waals surface area contributed by atoms with Gasteiger partial charge in [-0.15, -0.1) is 0 Å². The van der Waals surface area contributed by atoms with Crippen molar-refractivity contribution in [3.05, 3.63) is 71.3 Å². The van der Waals surface area contributed by atoms with E-state index < -0.39 is 5.60 Å². The summed E-state index contributed by atoms with van der Waals surface area (Å²) in [5.41, 5.74) is 3.85. The molecule has 2 aromatic carbocycles. The summed E-state index contributed by atoms with van der Waals surface area (Å²) in [6.07, 6.45) is 6.55. The Bertz CT molecular complexity index is 907. The van der Waals surface area contributed by atoms with Crippen LogP contribution in [0.25, 0.3) is 6.08 Å². The van der Waals surface area contributed by atoms with Crippen molar-refractivity contribution in [2.75, 3.05) is 13.1 Å². The maximum absolute atomic E-state index is 12.3. The lowest BCUT2D eigenvalue weighted by atomic mass is 9.60. The molecular weight excluding hydrogens is 386 g/mol. The normalized spacial score (nSPS) is 17.8. The lowest BCUT2D eigenvalue weighted by Crippen LogP contribution is -2.47. The van der Waals surface area contributed by atoms with Crippen LogP contribution < -0.4 is 4.74 Å². The van der Waals surface area contributed by atoms with E-state index in [2.05, 4.69) is 30.3 Å². The van der Waals surface area contributed by atoms with Crippen molar-refractivity contribution in [1.29, 1.82) is 0 Å². The molecule has 1 amide bonds. The summed E-state index contributed by atoms with van der Waals surface area (Å²) in [7, 11) is 0. The van der Waals surface area contributed by atoms with Crippen LogP contribution in [0, 0.1) is 5.41 Å². The summed E-state index contributed by atoms with van der Waals surface area (Å²) in [5, 5.41) is 0. The molecule has 4 heteroatoms. The van der Waals surface area contributed by atoms with Crippen LogP contribution in [0.2, 0.25) is 0 Å². The van der Waals surface area contributed by atoms with Gasteiger partial charge >= 0.3 is 6.09 Å². The summed E-state index contributed by atoms with van der Waals surface area (Å²) < 4.78 is 11.4. The highest BCUT2D eigenvalue weighted by molar-refractivity contribution is 5.68. The summed E-state index contributed by atoms with van der Waals surface area (Å²) in [6.45, 7) is 7.94. The van der Waals surface area contributed by atoms with Crippen LogP contribution in [-0.4, -0.2) is 29.7 Å². The van der Waals surface area contributed by atoms with Gasteiger partial charge in [0.05, 0.1) is 0 Å². The van der Waals surface area contributed by atoms with Crippen LogP contribution in [0.5, 0.6) is 5.75 Å². The smallest absolute Gasteiger partial charge is 0.410 e. The van der Waals surface area contributed by atoms with Crippen LogP contribution in [0.1, 0.15) is 57.6 Å². The predicted octanol–water partition coefficient (Wildman–Crippen LogP) is 6.46. The van der Waals surface area contributed by atoms with E-state index in [9.17, 15) is 4.79 Å². The average molecular weight is 420 g/mol. The van der Waals surface area contributed by atoms with Gasteiger partial charge in [-0.3, -0.25) is 0 Å². The fraction of sp³-hybridized carbons (Fsp3) is 0.444. The molecule has 0 radical (unpaired) electrons. The molecule has 1 heterocycles. The maximum Gasteiger partial charge on any atom is 0.410 e. The third-order valence-electron chi connectivity index (χ3n) is 6.18. The number of nitrogens with zero attached hydrogens (tertiary/aromatic N) is 1. The van der Waals surface area contributed by atoms with Gasteiger partial charge in [0, 0.05) is 13.1 Å². The third-order valence-corrected chi connectivity index (χ3v) is 6.18. The highest BCUT2D eigenvalue weighted by atomic mass is 16.6. The zero-order valence-corrected chi connectivity index (χ0v) is 18.9. The molecule has 4 nitrogen and oxygen atoms in total. The lowest BCUT2D eigenvalue weighted by molar-refractivity contribution is 0.00448. The van der Waals surface area contributed by atoms with Crippen molar-refractivity contribution in [1.82, 2.24) is 4.90 Å². The lowest BCUT2D eigenvalue weighted by Gasteiger charge is -2.49. The van der Waals surface area contributed by atoms with E-state index in [4.69, 9.17) is 9.47 Å². The molecular formula is C27H33NO3. The molecule has 0 unspecified atom stereocenters. The van der Waals surface area contributed by atoms with E-state index in [1.54, 1.807) is 0 Å². The maximum atomic E-state index is 12.3. The van der Waals surface area contributed by atoms with Crippen molar-refractivity contribution < 1.29 is 14.3 Å². The Labute approximate surface area is 185 Å². The molecule has 4 rings (SSSR count). The van der Waals surface area contributed by atoms with E-state index in [0.717, 1.165) is 44.5 Å². The number of likely N-dealkylation sites (tertiary alicyclic amines) is 1. The molecule has 2 aliphatic rings. The van der Waals surface area contributed by atoms with Gasteiger partial charge in [0.15, 0.2) is 0 Å². The number of carbonyl (C=O) groups is 1. The summed E-state index contributed by atoms with van der Waals surface area (Å²) in [5.74, 6) is 0.894. The Balaban J connectivity index is 1.24. The number of amides is 1. The SMILES string of the molecule is CC(C)(C)OC(=O)N1CCC2(CC1)CC(=Cc1ccc(OCc3ccccc3)cc1)C2. The first kappa shape index (κ1) is 21.5. The van der Waals surface area contributed by atoms with Gasteiger partial charge in [0.2, 0.25) is 0 Å². The van der Waals surface area contributed by atoms with E-state index in [1.165, 1.54) is 16.7 Å². The van der Waals surface area contributed by atoms with E-state index >= 15 is 0 Å². The average Bonchev–Trinajstić information content (AvgIpc) is 2.72. The van der Waals surface area contributed by atoms with Gasteiger partial charge in [-0.05, 0) is 75.1 Å². The second-order valence-corrected chi connectivity index (χ2v) is 9.97. The Kier molecular flexibility index (Phi) is 6.08. The fourth-order valence-corrected chi connectivity index (χ4v) is 4.49. The van der Waals surface area contributed by atoms with Gasteiger partial charge in [-0.1, -0.05) is 54.1 Å². The number of hydrogen-bond acceptors (Lipinski definition) is 3. The molecule has 0 bridgehead atoms. The van der Waals surface area contributed by atoms with Crippen LogP contribution >= 0.6 is 0 Å². The van der Waals surface area contributed by atoms with Crippen molar-refractivity contribution in [3.8, 4) is 5.75 Å². The molecule has 2 fully saturated rings. The van der Waals surface area contributed by atoms with Gasteiger partial charge in [0.25, 0.3) is 0 Å². The molecule has 1 spiro atoms. The van der Waals surface area contributed by atoms with Crippen molar-refractivity contribution in [3.63, 3.8) is 0 Å². The largest absolute Gasteiger partial charge is 0.489 e. The predicted molar refractivity (Wildman–Crippen MR) is 124 cm³/mol. The van der Waals surface area contributed by atoms with Crippen molar-refractivity contribution >= 4 is 12.2 Å². The first-order chi connectivity index (χ1) is 14.8. The number of rotatable bonds is 4. The fourth-order valence-electron chi connectivity index (χ4n) is 4.49. The first-order valence-electron chi connectivity index (χ1n) is 11.2. The number of allylic oxidation sites excluding steroid dienone is 1. The Hall–Kier alpha value is -2.75. The third kappa shape index (κ3) is 5.69. The monoisotopic (exact) mass is 419 g/mol. The summed E-state index contributed by atoms with van der Waals surface area (Å²) >= 11 is 0. The minimum absolute atomic E-state index is 0.174. The van der Waals surface area contributed by atoms with Crippen LogP contribution in [0.15, 0.2) is 60.2 Å². The minimum Gasteiger partial charge on any atom is -0.489 e.